The van der Waals surface area contributed by atoms with E-state index in [1.165, 1.54) is 16.7 Å². The molecule has 0 saturated carbocycles. The van der Waals surface area contributed by atoms with Crippen LogP contribution in [0.4, 0.5) is 0 Å². The number of ether oxygens (including phenoxy) is 1. The summed E-state index contributed by atoms with van der Waals surface area (Å²) in [6.07, 6.45) is 1.79. The number of nitrogens with zero attached hydrogens (tertiary/aromatic N) is 1. The molecule has 1 aliphatic rings. The van der Waals surface area contributed by atoms with E-state index in [-0.39, 0.29) is 11.8 Å². The zero-order chi connectivity index (χ0) is 20.1. The fourth-order valence-corrected chi connectivity index (χ4v) is 4.13. The summed E-state index contributed by atoms with van der Waals surface area (Å²) in [5, 5.41) is 2.81. The molecule has 1 heterocycles. The van der Waals surface area contributed by atoms with Crippen molar-refractivity contribution in [2.75, 3.05) is 20.2 Å². The van der Waals surface area contributed by atoms with Crippen LogP contribution in [-0.4, -0.2) is 41.2 Å². The van der Waals surface area contributed by atoms with E-state index in [1.54, 1.807) is 37.5 Å². The smallest absolute Gasteiger partial charge is 0.266 e. The molecule has 1 fully saturated rings. The fraction of sp³-hybridized carbons (Fsp3) is 0.150. The molecule has 0 aromatic heterocycles. The van der Waals surface area contributed by atoms with E-state index in [1.807, 2.05) is 24.3 Å². The van der Waals surface area contributed by atoms with Gasteiger partial charge in [-0.15, -0.1) is 0 Å². The van der Waals surface area contributed by atoms with Gasteiger partial charge in [0, 0.05) is 23.1 Å². The van der Waals surface area contributed by atoms with E-state index in [4.69, 9.17) is 17.0 Å². The van der Waals surface area contributed by atoms with Gasteiger partial charge in [0.25, 0.3) is 11.8 Å². The number of nitrogens with one attached hydrogen (secondary N) is 1. The van der Waals surface area contributed by atoms with Gasteiger partial charge in [-0.3, -0.25) is 14.5 Å². The molecule has 1 saturated heterocycles. The van der Waals surface area contributed by atoms with Gasteiger partial charge in [0.15, 0.2) is 0 Å². The third kappa shape index (κ3) is 5.01. The van der Waals surface area contributed by atoms with Crippen LogP contribution in [-0.2, 0) is 4.79 Å². The predicted octanol–water partition coefficient (Wildman–Crippen LogP) is 4.09. The Morgan fingerprint density at radius 1 is 1.29 bits per heavy atom. The number of halogens is 1. The van der Waals surface area contributed by atoms with Crippen molar-refractivity contribution in [3.8, 4) is 5.75 Å². The zero-order valence-electron chi connectivity index (χ0n) is 15.0. The van der Waals surface area contributed by atoms with Crippen molar-refractivity contribution in [1.82, 2.24) is 10.2 Å². The molecule has 0 bridgehead atoms. The molecule has 0 aliphatic carbocycles. The Labute approximate surface area is 181 Å². The lowest BCUT2D eigenvalue weighted by Crippen LogP contribution is -2.37. The third-order valence-corrected chi connectivity index (χ3v) is 5.90. The van der Waals surface area contributed by atoms with Gasteiger partial charge in [-0.05, 0) is 48.0 Å². The Balaban J connectivity index is 1.60. The van der Waals surface area contributed by atoms with Crippen LogP contribution in [0, 0.1) is 0 Å². The number of hydrogen-bond acceptors (Lipinski definition) is 5. The Hall–Kier alpha value is -2.16. The van der Waals surface area contributed by atoms with E-state index in [2.05, 4.69) is 21.2 Å². The van der Waals surface area contributed by atoms with Crippen molar-refractivity contribution < 1.29 is 14.3 Å². The van der Waals surface area contributed by atoms with Crippen molar-refractivity contribution in [3.05, 3.63) is 69.0 Å². The van der Waals surface area contributed by atoms with Gasteiger partial charge in [-0.2, -0.15) is 0 Å². The maximum Gasteiger partial charge on any atom is 0.266 e. The lowest BCUT2D eigenvalue weighted by molar-refractivity contribution is -0.122. The van der Waals surface area contributed by atoms with Crippen LogP contribution in [0.2, 0.25) is 0 Å². The molecule has 8 heteroatoms. The van der Waals surface area contributed by atoms with Crippen LogP contribution >= 0.6 is 39.9 Å². The van der Waals surface area contributed by atoms with Crippen molar-refractivity contribution >= 4 is 62.1 Å². The summed E-state index contributed by atoms with van der Waals surface area (Å²) in [5.74, 6) is 0.375. The molecule has 2 amide bonds. The van der Waals surface area contributed by atoms with Gasteiger partial charge in [-0.25, -0.2) is 0 Å². The summed E-state index contributed by atoms with van der Waals surface area (Å²) < 4.78 is 6.60. The first-order valence-corrected chi connectivity index (χ1v) is 10.4. The molecule has 1 aliphatic heterocycles. The molecule has 2 aromatic rings. The summed E-state index contributed by atoms with van der Waals surface area (Å²) in [6, 6.07) is 14.5. The van der Waals surface area contributed by atoms with Crippen LogP contribution in [0.5, 0.6) is 5.75 Å². The molecule has 3 rings (SSSR count). The second-order valence-electron chi connectivity index (χ2n) is 5.87. The SMILES string of the molecule is COc1cccc(/C=C2/SC(=S)N(CCNC(=O)c3ccc(Br)cc3)C2=O)c1. The van der Waals surface area contributed by atoms with Crippen LogP contribution in [0.25, 0.3) is 6.08 Å². The standard InChI is InChI=1S/C20H17BrN2O3S2/c1-26-16-4-2-3-13(11-16)12-17-19(25)23(20(27)28-17)10-9-22-18(24)14-5-7-15(21)8-6-14/h2-8,11-12H,9-10H2,1H3,(H,22,24)/b17-12+. The van der Waals surface area contributed by atoms with Gasteiger partial charge < -0.3 is 10.1 Å². The van der Waals surface area contributed by atoms with Crippen molar-refractivity contribution in [2.45, 2.75) is 0 Å². The van der Waals surface area contributed by atoms with Crippen molar-refractivity contribution in [3.63, 3.8) is 0 Å². The molecular formula is C20H17BrN2O3S2. The van der Waals surface area contributed by atoms with E-state index >= 15 is 0 Å². The van der Waals surface area contributed by atoms with Crippen molar-refractivity contribution in [2.24, 2.45) is 0 Å². The molecule has 5 nitrogen and oxygen atoms in total. The first kappa shape index (κ1) is 20.6. The normalized spacial score (nSPS) is 15.2. The number of thiocarbonyl (C=S) groups is 1. The molecule has 144 valence electrons. The number of methoxy groups -OCH3 is 1. The highest BCUT2D eigenvalue weighted by Gasteiger charge is 2.31. The lowest BCUT2D eigenvalue weighted by atomic mass is 10.2. The van der Waals surface area contributed by atoms with Crippen molar-refractivity contribution in [1.29, 1.82) is 0 Å². The minimum atomic E-state index is -0.190. The summed E-state index contributed by atoms with van der Waals surface area (Å²) in [4.78, 5) is 26.9. The van der Waals surface area contributed by atoms with Gasteiger partial charge in [0.1, 0.15) is 10.1 Å². The second kappa shape index (κ2) is 9.36. The van der Waals surface area contributed by atoms with Gasteiger partial charge in [0.2, 0.25) is 0 Å². The first-order chi connectivity index (χ1) is 13.5. The Kier molecular flexibility index (Phi) is 6.88. The minimum absolute atomic E-state index is 0.157. The van der Waals surface area contributed by atoms with Gasteiger partial charge in [-0.1, -0.05) is 52.0 Å². The number of carbonyl (C=O) groups is 2. The zero-order valence-corrected chi connectivity index (χ0v) is 18.2. The van der Waals surface area contributed by atoms with Crippen LogP contribution < -0.4 is 10.1 Å². The molecule has 0 atom stereocenters. The Morgan fingerprint density at radius 2 is 2.04 bits per heavy atom. The largest absolute Gasteiger partial charge is 0.497 e. The van der Waals surface area contributed by atoms with Crippen LogP contribution in [0.15, 0.2) is 57.9 Å². The molecule has 0 spiro atoms. The summed E-state index contributed by atoms with van der Waals surface area (Å²) in [7, 11) is 1.60. The van der Waals surface area contributed by atoms with Crippen LogP contribution in [0.3, 0.4) is 0 Å². The topological polar surface area (TPSA) is 58.6 Å². The van der Waals surface area contributed by atoms with E-state index in [9.17, 15) is 9.59 Å². The number of hydrogen-bond donors (Lipinski definition) is 1. The Morgan fingerprint density at radius 3 is 2.75 bits per heavy atom. The highest BCUT2D eigenvalue weighted by atomic mass is 79.9. The predicted molar refractivity (Wildman–Crippen MR) is 119 cm³/mol. The highest BCUT2D eigenvalue weighted by Crippen LogP contribution is 2.32. The first-order valence-electron chi connectivity index (χ1n) is 8.41. The number of rotatable bonds is 6. The highest BCUT2D eigenvalue weighted by molar-refractivity contribution is 9.10. The maximum atomic E-state index is 12.7. The number of thioether (sulfide) groups is 1. The summed E-state index contributed by atoms with van der Waals surface area (Å²) >= 11 is 9.93. The molecule has 0 unspecified atom stereocenters. The average Bonchev–Trinajstić information content (AvgIpc) is 2.96. The quantitative estimate of drug-likeness (QED) is 0.502. The lowest BCUT2D eigenvalue weighted by Gasteiger charge is -2.14. The second-order valence-corrected chi connectivity index (χ2v) is 8.46. The van der Waals surface area contributed by atoms with E-state index < -0.39 is 0 Å². The monoisotopic (exact) mass is 476 g/mol. The number of carbonyl (C=O) groups excluding carboxylic acids is 2. The molecule has 0 radical (unpaired) electrons. The molecule has 28 heavy (non-hydrogen) atoms. The Bertz CT molecular complexity index is 945. The summed E-state index contributed by atoms with van der Waals surface area (Å²) in [5.41, 5.74) is 1.43. The maximum absolute atomic E-state index is 12.7. The van der Waals surface area contributed by atoms with E-state index in [0.717, 1.165) is 15.8 Å². The number of benzene rings is 2. The number of amides is 2. The summed E-state index contributed by atoms with van der Waals surface area (Å²) in [6.45, 7) is 0.635. The fourth-order valence-electron chi connectivity index (χ4n) is 2.56. The third-order valence-electron chi connectivity index (χ3n) is 3.99. The van der Waals surface area contributed by atoms with Gasteiger partial charge >= 0.3 is 0 Å². The molecular weight excluding hydrogens is 460 g/mol. The van der Waals surface area contributed by atoms with Crippen LogP contribution in [0.1, 0.15) is 15.9 Å². The average molecular weight is 477 g/mol. The minimum Gasteiger partial charge on any atom is -0.497 e. The van der Waals surface area contributed by atoms with Gasteiger partial charge in [0.05, 0.1) is 12.0 Å². The van der Waals surface area contributed by atoms with E-state index in [0.29, 0.717) is 27.9 Å². The molecule has 1 N–H and O–H groups in total. The molecule has 2 aromatic carbocycles.